The minimum atomic E-state index is -0.248. The van der Waals surface area contributed by atoms with Crippen LogP contribution in [0.25, 0.3) is 0 Å². The summed E-state index contributed by atoms with van der Waals surface area (Å²) in [7, 11) is 0. The van der Waals surface area contributed by atoms with Crippen molar-refractivity contribution in [3.63, 3.8) is 0 Å². The molecule has 22 heavy (non-hydrogen) atoms. The van der Waals surface area contributed by atoms with Gasteiger partial charge in [-0.3, -0.25) is 9.59 Å². The van der Waals surface area contributed by atoms with Gasteiger partial charge in [-0.15, -0.1) is 0 Å². The van der Waals surface area contributed by atoms with Gasteiger partial charge in [0.25, 0.3) is 5.56 Å². The lowest BCUT2D eigenvalue weighted by Crippen LogP contribution is -2.28. The molecule has 1 aromatic carbocycles. The number of hydrogen-bond donors (Lipinski definition) is 2. The van der Waals surface area contributed by atoms with Gasteiger partial charge in [0.2, 0.25) is 5.91 Å². The number of carbonyl (C=O) groups is 1. The lowest BCUT2D eigenvalue weighted by atomic mass is 10.1. The first-order valence-electron chi connectivity index (χ1n) is 6.38. The molecule has 0 spiro atoms. The fourth-order valence-corrected chi connectivity index (χ4v) is 2.67. The van der Waals surface area contributed by atoms with Crippen LogP contribution in [-0.4, -0.2) is 21.6 Å². The smallest absolute Gasteiger partial charge is 0.251 e. The molecular weight excluding hydrogens is 345 g/mol. The van der Waals surface area contributed by atoms with Crippen LogP contribution in [0.5, 0.6) is 0 Å². The average Bonchev–Trinajstić information content (AvgIpc) is 2.48. The fraction of sp³-hybridized carbons (Fsp3) is 0.214. The van der Waals surface area contributed by atoms with E-state index in [0.29, 0.717) is 15.2 Å². The number of aromatic nitrogens is 2. The first-order valence-corrected chi connectivity index (χ1v) is 8.12. The summed E-state index contributed by atoms with van der Waals surface area (Å²) in [5.41, 5.74) is 0.612. The molecule has 8 heteroatoms. The molecule has 1 aromatic heterocycles. The SMILES string of the molecule is C[C@@H](NC(=O)CSc1nccc(=O)[nH]1)c1ccc(Cl)c(Cl)c1. The summed E-state index contributed by atoms with van der Waals surface area (Å²) in [4.78, 5) is 29.6. The van der Waals surface area contributed by atoms with Crippen LogP contribution in [0.4, 0.5) is 0 Å². The number of amides is 1. The normalized spacial score (nSPS) is 12.0. The number of H-pyrrole nitrogens is 1. The summed E-state index contributed by atoms with van der Waals surface area (Å²) in [6, 6.07) is 6.33. The van der Waals surface area contributed by atoms with E-state index in [2.05, 4.69) is 15.3 Å². The molecule has 0 saturated heterocycles. The molecule has 1 heterocycles. The van der Waals surface area contributed by atoms with Gasteiger partial charge in [0.15, 0.2) is 5.16 Å². The van der Waals surface area contributed by atoms with Crippen molar-refractivity contribution in [3.05, 3.63) is 56.4 Å². The van der Waals surface area contributed by atoms with Crippen LogP contribution >= 0.6 is 35.0 Å². The summed E-state index contributed by atoms with van der Waals surface area (Å²) in [6.07, 6.45) is 1.40. The van der Waals surface area contributed by atoms with Crippen molar-refractivity contribution in [1.29, 1.82) is 0 Å². The Hall–Kier alpha value is -1.50. The highest BCUT2D eigenvalue weighted by molar-refractivity contribution is 7.99. The highest BCUT2D eigenvalue weighted by atomic mass is 35.5. The number of hydrogen-bond acceptors (Lipinski definition) is 4. The largest absolute Gasteiger partial charge is 0.349 e. The lowest BCUT2D eigenvalue weighted by molar-refractivity contribution is -0.119. The maximum Gasteiger partial charge on any atom is 0.251 e. The van der Waals surface area contributed by atoms with Crippen LogP contribution in [0, 0.1) is 0 Å². The Balaban J connectivity index is 1.91. The molecule has 0 fully saturated rings. The molecule has 1 atom stereocenters. The number of aromatic amines is 1. The van der Waals surface area contributed by atoms with Crippen molar-refractivity contribution in [1.82, 2.24) is 15.3 Å². The molecule has 0 unspecified atom stereocenters. The van der Waals surface area contributed by atoms with E-state index in [1.165, 1.54) is 12.3 Å². The van der Waals surface area contributed by atoms with E-state index >= 15 is 0 Å². The lowest BCUT2D eigenvalue weighted by Gasteiger charge is -2.14. The third-order valence-corrected chi connectivity index (χ3v) is 4.44. The number of nitrogens with zero attached hydrogens (tertiary/aromatic N) is 1. The van der Waals surface area contributed by atoms with Crippen molar-refractivity contribution >= 4 is 40.9 Å². The van der Waals surface area contributed by atoms with Crippen LogP contribution in [0.15, 0.2) is 40.4 Å². The van der Waals surface area contributed by atoms with Gasteiger partial charge in [0.1, 0.15) is 0 Å². The highest BCUT2D eigenvalue weighted by Crippen LogP contribution is 2.25. The molecule has 5 nitrogen and oxygen atoms in total. The molecule has 2 N–H and O–H groups in total. The number of thioether (sulfide) groups is 1. The Morgan fingerprint density at radius 2 is 2.14 bits per heavy atom. The number of nitrogens with one attached hydrogen (secondary N) is 2. The Kier molecular flexibility index (Phi) is 5.88. The van der Waals surface area contributed by atoms with Gasteiger partial charge in [-0.25, -0.2) is 4.98 Å². The quantitative estimate of drug-likeness (QED) is 0.636. The first-order chi connectivity index (χ1) is 10.5. The number of rotatable bonds is 5. The molecule has 0 aliphatic rings. The maximum atomic E-state index is 11.9. The van der Waals surface area contributed by atoms with Crippen LogP contribution in [-0.2, 0) is 4.79 Å². The van der Waals surface area contributed by atoms with E-state index < -0.39 is 0 Å². The first kappa shape index (κ1) is 16.9. The van der Waals surface area contributed by atoms with Crippen molar-refractivity contribution in [3.8, 4) is 0 Å². The number of carbonyl (C=O) groups excluding carboxylic acids is 1. The van der Waals surface area contributed by atoms with Gasteiger partial charge in [0.05, 0.1) is 21.8 Å². The summed E-state index contributed by atoms with van der Waals surface area (Å²) >= 11 is 13.0. The molecule has 0 saturated carbocycles. The van der Waals surface area contributed by atoms with Crippen molar-refractivity contribution < 1.29 is 4.79 Å². The van der Waals surface area contributed by atoms with E-state index in [4.69, 9.17) is 23.2 Å². The zero-order chi connectivity index (χ0) is 16.1. The predicted molar refractivity (Wildman–Crippen MR) is 88.6 cm³/mol. The molecule has 2 aromatic rings. The zero-order valence-electron chi connectivity index (χ0n) is 11.6. The summed E-state index contributed by atoms with van der Waals surface area (Å²) in [5, 5.41) is 4.17. The van der Waals surface area contributed by atoms with E-state index in [-0.39, 0.29) is 23.3 Å². The maximum absolute atomic E-state index is 11.9. The molecule has 0 aliphatic carbocycles. The average molecular weight is 358 g/mol. The molecule has 0 bridgehead atoms. The van der Waals surface area contributed by atoms with E-state index in [1.54, 1.807) is 12.1 Å². The van der Waals surface area contributed by atoms with Crippen molar-refractivity contribution in [2.75, 3.05) is 5.75 Å². The Morgan fingerprint density at radius 1 is 1.36 bits per heavy atom. The summed E-state index contributed by atoms with van der Waals surface area (Å²) in [6.45, 7) is 1.85. The molecule has 2 rings (SSSR count). The fourth-order valence-electron chi connectivity index (χ4n) is 1.71. The minimum absolute atomic E-state index is 0.151. The molecule has 0 aliphatic heterocycles. The summed E-state index contributed by atoms with van der Waals surface area (Å²) < 4.78 is 0. The third kappa shape index (κ3) is 4.76. The molecule has 1 amide bonds. The Bertz CT molecular complexity index is 736. The number of benzene rings is 1. The van der Waals surface area contributed by atoms with Gasteiger partial charge in [-0.05, 0) is 24.6 Å². The van der Waals surface area contributed by atoms with E-state index in [0.717, 1.165) is 17.3 Å². The highest BCUT2D eigenvalue weighted by Gasteiger charge is 2.11. The van der Waals surface area contributed by atoms with Gasteiger partial charge >= 0.3 is 0 Å². The predicted octanol–water partition coefficient (Wildman–Crippen LogP) is 3.05. The van der Waals surface area contributed by atoms with Crippen LogP contribution < -0.4 is 10.9 Å². The van der Waals surface area contributed by atoms with Crippen molar-refractivity contribution in [2.24, 2.45) is 0 Å². The van der Waals surface area contributed by atoms with E-state index in [9.17, 15) is 9.59 Å². The van der Waals surface area contributed by atoms with Crippen molar-refractivity contribution in [2.45, 2.75) is 18.1 Å². The van der Waals surface area contributed by atoms with E-state index in [1.807, 2.05) is 13.0 Å². The molecular formula is C14H13Cl2N3O2S. The second kappa shape index (κ2) is 7.67. The topological polar surface area (TPSA) is 74.8 Å². The molecule has 0 radical (unpaired) electrons. The third-order valence-electron chi connectivity index (χ3n) is 2.81. The standard InChI is InChI=1S/C14H13Cl2N3O2S/c1-8(9-2-3-10(15)11(16)6-9)18-13(21)7-22-14-17-5-4-12(20)19-14/h2-6,8H,7H2,1H3,(H,18,21)(H,17,19,20)/t8-/m1/s1. The van der Waals surface area contributed by atoms with Crippen LogP contribution in [0.3, 0.4) is 0 Å². The van der Waals surface area contributed by atoms with Crippen LogP contribution in [0.2, 0.25) is 10.0 Å². The second-order valence-electron chi connectivity index (χ2n) is 4.49. The second-order valence-corrected chi connectivity index (χ2v) is 6.27. The Labute approximate surface area is 141 Å². The monoisotopic (exact) mass is 357 g/mol. The van der Waals surface area contributed by atoms with Gasteiger partial charge in [0, 0.05) is 12.3 Å². The van der Waals surface area contributed by atoms with Crippen LogP contribution in [0.1, 0.15) is 18.5 Å². The summed E-state index contributed by atoms with van der Waals surface area (Å²) in [5.74, 6) is -0.0198. The van der Waals surface area contributed by atoms with Gasteiger partial charge in [-0.2, -0.15) is 0 Å². The number of halogens is 2. The van der Waals surface area contributed by atoms with Gasteiger partial charge in [-0.1, -0.05) is 41.0 Å². The molecule has 116 valence electrons. The van der Waals surface area contributed by atoms with Gasteiger partial charge < -0.3 is 10.3 Å². The zero-order valence-corrected chi connectivity index (χ0v) is 13.9. The minimum Gasteiger partial charge on any atom is -0.349 e. The Morgan fingerprint density at radius 3 is 2.82 bits per heavy atom.